The number of hydrogen-bond acceptors (Lipinski definition) is 7. The quantitative estimate of drug-likeness (QED) is 0.150. The molecule has 0 spiro atoms. The van der Waals surface area contributed by atoms with Crippen LogP contribution in [0.2, 0.25) is 5.02 Å². The van der Waals surface area contributed by atoms with Crippen molar-refractivity contribution >= 4 is 46.9 Å². The average molecular weight is 590 g/mol. The lowest BCUT2D eigenvalue weighted by Gasteiger charge is -2.27. The average Bonchev–Trinajstić information content (AvgIpc) is 2.91. The number of non-ortho nitro benzene ring substituents is 1. The van der Waals surface area contributed by atoms with Gasteiger partial charge in [0.1, 0.15) is 12.2 Å². The van der Waals surface area contributed by atoms with E-state index in [1.807, 2.05) is 5.32 Å². The summed E-state index contributed by atoms with van der Waals surface area (Å²) in [6.07, 6.45) is -3.64. The molecular formula is C27H19ClF3N3O7. The number of benzene rings is 3. The van der Waals surface area contributed by atoms with E-state index in [4.69, 9.17) is 21.1 Å². The standard InChI is InChI=1S/C27H19ClF3N3O7/c1-2-40-23-12-16(5-10-22(23)41-14-15-3-7-18(8-4-15)34(38)39)11-19-24(35)32-26(37)33(25(19)36)21-13-17(27(29,30)31)6-9-20(21)28/h3-13H,2,14H2,1H3,(H,32,35,37)/b19-11+. The van der Waals surface area contributed by atoms with Crippen LogP contribution in [0.25, 0.3) is 6.08 Å². The number of nitro groups is 1. The lowest BCUT2D eigenvalue weighted by atomic mass is 10.1. The van der Waals surface area contributed by atoms with Gasteiger partial charge in [0.2, 0.25) is 0 Å². The van der Waals surface area contributed by atoms with Crippen LogP contribution in [0.5, 0.6) is 11.5 Å². The molecule has 0 aromatic heterocycles. The molecule has 14 heteroatoms. The Kier molecular flexibility index (Phi) is 8.28. The number of nitro benzene ring substituents is 1. The monoisotopic (exact) mass is 589 g/mol. The fourth-order valence-electron chi connectivity index (χ4n) is 3.78. The molecule has 3 aromatic rings. The molecule has 41 heavy (non-hydrogen) atoms. The van der Waals surface area contributed by atoms with E-state index < -0.39 is 45.8 Å². The van der Waals surface area contributed by atoms with Gasteiger partial charge in [0.05, 0.1) is 27.8 Å². The topological polar surface area (TPSA) is 128 Å². The molecule has 1 fully saturated rings. The van der Waals surface area contributed by atoms with E-state index in [1.165, 1.54) is 42.5 Å². The van der Waals surface area contributed by atoms with Gasteiger partial charge in [-0.05, 0) is 66.6 Å². The molecule has 10 nitrogen and oxygen atoms in total. The molecule has 4 rings (SSSR count). The second-order valence-corrected chi connectivity index (χ2v) is 8.88. The zero-order chi connectivity index (χ0) is 29.9. The molecule has 1 heterocycles. The van der Waals surface area contributed by atoms with Crippen molar-refractivity contribution in [3.63, 3.8) is 0 Å². The van der Waals surface area contributed by atoms with Gasteiger partial charge in [0.15, 0.2) is 11.5 Å². The van der Waals surface area contributed by atoms with Crippen LogP contribution in [0.15, 0.2) is 66.2 Å². The molecule has 0 atom stereocenters. The summed E-state index contributed by atoms with van der Waals surface area (Å²) < 4.78 is 51.2. The van der Waals surface area contributed by atoms with Gasteiger partial charge in [-0.3, -0.25) is 25.0 Å². The van der Waals surface area contributed by atoms with Crippen LogP contribution in [0.1, 0.15) is 23.6 Å². The maximum absolute atomic E-state index is 13.3. The molecule has 1 aliphatic heterocycles. The van der Waals surface area contributed by atoms with Gasteiger partial charge in [0, 0.05) is 12.1 Å². The van der Waals surface area contributed by atoms with E-state index in [0.29, 0.717) is 28.3 Å². The number of anilines is 1. The first-order valence-electron chi connectivity index (χ1n) is 11.8. The highest BCUT2D eigenvalue weighted by Crippen LogP contribution is 2.37. The van der Waals surface area contributed by atoms with Crippen LogP contribution in [-0.4, -0.2) is 29.4 Å². The normalized spacial score (nSPS) is 14.7. The zero-order valence-electron chi connectivity index (χ0n) is 21.0. The number of rotatable bonds is 8. The maximum Gasteiger partial charge on any atom is 0.416 e. The van der Waals surface area contributed by atoms with Crippen LogP contribution >= 0.6 is 11.6 Å². The minimum atomic E-state index is -4.78. The molecule has 1 saturated heterocycles. The van der Waals surface area contributed by atoms with Crippen LogP contribution in [-0.2, 0) is 22.4 Å². The molecule has 0 saturated carbocycles. The molecule has 4 amide bonds. The molecule has 0 unspecified atom stereocenters. The van der Waals surface area contributed by atoms with Gasteiger partial charge < -0.3 is 9.47 Å². The number of imide groups is 2. The summed E-state index contributed by atoms with van der Waals surface area (Å²) in [6.45, 7) is 1.99. The SMILES string of the molecule is CCOc1cc(/C=C2\C(=O)NC(=O)N(c3cc(C(F)(F)F)ccc3Cl)C2=O)ccc1OCc1ccc([N+](=O)[O-])cc1. The minimum Gasteiger partial charge on any atom is -0.490 e. The van der Waals surface area contributed by atoms with Crippen molar-refractivity contribution in [1.29, 1.82) is 0 Å². The van der Waals surface area contributed by atoms with Crippen molar-refractivity contribution in [2.24, 2.45) is 0 Å². The number of alkyl halides is 3. The first-order chi connectivity index (χ1) is 19.4. The third-order valence-electron chi connectivity index (χ3n) is 5.74. The molecule has 0 aliphatic carbocycles. The van der Waals surface area contributed by atoms with Crippen LogP contribution in [0.4, 0.5) is 29.3 Å². The summed E-state index contributed by atoms with van der Waals surface area (Å²) in [7, 11) is 0. The third kappa shape index (κ3) is 6.47. The summed E-state index contributed by atoms with van der Waals surface area (Å²) in [5.74, 6) is -1.71. The predicted molar refractivity (Wildman–Crippen MR) is 140 cm³/mol. The van der Waals surface area contributed by atoms with Crippen molar-refractivity contribution in [3.05, 3.63) is 98.1 Å². The predicted octanol–water partition coefficient (Wildman–Crippen LogP) is 5.91. The summed E-state index contributed by atoms with van der Waals surface area (Å²) in [4.78, 5) is 48.9. The molecule has 0 bridgehead atoms. The van der Waals surface area contributed by atoms with Gasteiger partial charge in [-0.2, -0.15) is 13.2 Å². The fraction of sp³-hybridized carbons (Fsp3) is 0.148. The Bertz CT molecular complexity index is 1570. The van der Waals surface area contributed by atoms with E-state index in [-0.39, 0.29) is 35.2 Å². The number of hydrogen-bond donors (Lipinski definition) is 1. The molecular weight excluding hydrogens is 571 g/mol. The van der Waals surface area contributed by atoms with Crippen molar-refractivity contribution in [1.82, 2.24) is 5.32 Å². The summed E-state index contributed by atoms with van der Waals surface area (Å²) >= 11 is 6.02. The number of halogens is 4. The third-order valence-corrected chi connectivity index (χ3v) is 6.06. The number of nitrogens with zero attached hydrogens (tertiary/aromatic N) is 2. The zero-order valence-corrected chi connectivity index (χ0v) is 21.8. The number of barbiturate groups is 1. The van der Waals surface area contributed by atoms with Crippen molar-refractivity contribution < 1.29 is 42.0 Å². The van der Waals surface area contributed by atoms with Gasteiger partial charge in [-0.15, -0.1) is 0 Å². The van der Waals surface area contributed by atoms with E-state index in [1.54, 1.807) is 6.92 Å². The Labute approximate surface area is 235 Å². The molecule has 1 N–H and O–H groups in total. The lowest BCUT2D eigenvalue weighted by molar-refractivity contribution is -0.384. The largest absolute Gasteiger partial charge is 0.490 e. The van der Waals surface area contributed by atoms with Gasteiger partial charge in [-0.1, -0.05) is 17.7 Å². The van der Waals surface area contributed by atoms with Crippen molar-refractivity contribution in [2.45, 2.75) is 19.7 Å². The van der Waals surface area contributed by atoms with E-state index in [0.717, 1.165) is 12.1 Å². The Morgan fingerprint density at radius 1 is 1.00 bits per heavy atom. The smallest absolute Gasteiger partial charge is 0.416 e. The highest BCUT2D eigenvalue weighted by atomic mass is 35.5. The summed E-state index contributed by atoms with van der Waals surface area (Å²) in [6, 6.07) is 11.1. The number of amides is 4. The molecule has 1 aliphatic rings. The summed E-state index contributed by atoms with van der Waals surface area (Å²) in [5.41, 5.74) is -1.39. The second kappa shape index (κ2) is 11.7. The molecule has 212 valence electrons. The highest BCUT2D eigenvalue weighted by molar-refractivity contribution is 6.42. The lowest BCUT2D eigenvalue weighted by Crippen LogP contribution is -2.54. The maximum atomic E-state index is 13.3. The first-order valence-corrected chi connectivity index (χ1v) is 12.2. The molecule has 0 radical (unpaired) electrons. The number of carbonyl (C=O) groups excluding carboxylic acids is 3. The van der Waals surface area contributed by atoms with Crippen LogP contribution in [0, 0.1) is 10.1 Å². The Balaban J connectivity index is 1.62. The van der Waals surface area contributed by atoms with E-state index in [9.17, 15) is 37.7 Å². The summed E-state index contributed by atoms with van der Waals surface area (Å²) in [5, 5.41) is 12.5. The second-order valence-electron chi connectivity index (χ2n) is 8.47. The Morgan fingerprint density at radius 2 is 1.71 bits per heavy atom. The van der Waals surface area contributed by atoms with Crippen molar-refractivity contribution in [3.8, 4) is 11.5 Å². The first kappa shape index (κ1) is 29.1. The Hall–Kier alpha value is -4.91. The van der Waals surface area contributed by atoms with Gasteiger partial charge >= 0.3 is 12.2 Å². The van der Waals surface area contributed by atoms with Crippen LogP contribution < -0.4 is 19.7 Å². The van der Waals surface area contributed by atoms with E-state index in [2.05, 4.69) is 0 Å². The number of nitrogens with one attached hydrogen (secondary N) is 1. The van der Waals surface area contributed by atoms with Gasteiger partial charge in [-0.25, -0.2) is 9.69 Å². The van der Waals surface area contributed by atoms with E-state index >= 15 is 0 Å². The number of urea groups is 1. The minimum absolute atomic E-state index is 0.0498. The number of ether oxygens (including phenoxy) is 2. The number of carbonyl (C=O) groups is 3. The van der Waals surface area contributed by atoms with Crippen molar-refractivity contribution in [2.75, 3.05) is 11.5 Å². The molecule has 3 aromatic carbocycles. The van der Waals surface area contributed by atoms with Gasteiger partial charge in [0.25, 0.3) is 17.5 Å². The fourth-order valence-corrected chi connectivity index (χ4v) is 3.98. The van der Waals surface area contributed by atoms with Crippen LogP contribution in [0.3, 0.4) is 0 Å². The highest BCUT2D eigenvalue weighted by Gasteiger charge is 2.39. The Morgan fingerprint density at radius 3 is 2.34 bits per heavy atom.